The van der Waals surface area contributed by atoms with Gasteiger partial charge in [0.15, 0.2) is 4.32 Å². The summed E-state index contributed by atoms with van der Waals surface area (Å²) in [6, 6.07) is 8.23. The molecule has 0 spiro atoms. The lowest BCUT2D eigenvalue weighted by Crippen LogP contribution is -2.44. The van der Waals surface area contributed by atoms with Crippen molar-refractivity contribution in [3.63, 3.8) is 0 Å². The van der Waals surface area contributed by atoms with Crippen molar-refractivity contribution in [2.45, 2.75) is 0 Å². The molecule has 5 nitrogen and oxygen atoms in total. The summed E-state index contributed by atoms with van der Waals surface area (Å²) in [4.78, 5) is 25.3. The van der Waals surface area contributed by atoms with Crippen LogP contribution in [0.4, 0.5) is 0 Å². The van der Waals surface area contributed by atoms with Gasteiger partial charge in [-0.15, -0.1) is 0 Å². The first-order chi connectivity index (χ1) is 11.9. The number of halogens is 2. The third-order valence-electron chi connectivity index (χ3n) is 3.45. The van der Waals surface area contributed by atoms with Gasteiger partial charge in [-0.3, -0.25) is 15.0 Å². The van der Waals surface area contributed by atoms with Crippen molar-refractivity contribution in [3.05, 3.63) is 62.7 Å². The van der Waals surface area contributed by atoms with Crippen molar-refractivity contribution in [1.29, 1.82) is 0 Å². The molecule has 1 aliphatic rings. The third kappa shape index (κ3) is 3.74. The van der Waals surface area contributed by atoms with Crippen LogP contribution in [-0.2, 0) is 11.8 Å². The fourth-order valence-electron chi connectivity index (χ4n) is 2.16. The molecule has 0 radical (unpaired) electrons. The quantitative estimate of drug-likeness (QED) is 0.614. The van der Waals surface area contributed by atoms with Gasteiger partial charge in [0.2, 0.25) is 0 Å². The fourth-order valence-corrected chi connectivity index (χ4v) is 3.82. The molecule has 2 aromatic rings. The Balaban J connectivity index is 1.80. The van der Waals surface area contributed by atoms with E-state index in [4.69, 9.17) is 35.4 Å². The van der Waals surface area contributed by atoms with E-state index in [1.807, 2.05) is 29.9 Å². The van der Waals surface area contributed by atoms with E-state index in [1.165, 1.54) is 12.1 Å². The Kier molecular flexibility index (Phi) is 5.19. The second-order valence-corrected chi connectivity index (χ2v) is 7.65. The van der Waals surface area contributed by atoms with Crippen LogP contribution in [0.2, 0.25) is 10.0 Å². The van der Waals surface area contributed by atoms with E-state index >= 15 is 0 Å². The number of hydrazine groups is 1. The molecule has 0 saturated carbocycles. The van der Waals surface area contributed by atoms with Gasteiger partial charge < -0.3 is 4.57 Å². The molecular formula is C16H11Cl2N3O2S2. The molecule has 9 heteroatoms. The van der Waals surface area contributed by atoms with Crippen LogP contribution in [0.25, 0.3) is 6.08 Å². The summed E-state index contributed by atoms with van der Waals surface area (Å²) in [7, 11) is 1.87. The summed E-state index contributed by atoms with van der Waals surface area (Å²) in [5, 5.41) is 1.65. The number of thioether (sulfide) groups is 1. The molecule has 0 aliphatic carbocycles. The second-order valence-electron chi connectivity index (χ2n) is 5.13. The number of nitrogens with one attached hydrogen (secondary N) is 1. The van der Waals surface area contributed by atoms with Crippen molar-refractivity contribution in [3.8, 4) is 0 Å². The average Bonchev–Trinajstić information content (AvgIpc) is 3.06. The molecule has 1 N–H and O–H groups in total. The molecule has 128 valence electrons. The molecule has 0 unspecified atom stereocenters. The van der Waals surface area contributed by atoms with Gasteiger partial charge in [-0.25, -0.2) is 0 Å². The highest BCUT2D eigenvalue weighted by molar-refractivity contribution is 8.26. The summed E-state index contributed by atoms with van der Waals surface area (Å²) in [6.45, 7) is 0. The van der Waals surface area contributed by atoms with Gasteiger partial charge in [0.1, 0.15) is 0 Å². The number of nitrogens with zero attached hydrogens (tertiary/aromatic N) is 2. The van der Waals surface area contributed by atoms with E-state index in [1.54, 1.807) is 12.1 Å². The normalized spacial score (nSPS) is 16.0. The van der Waals surface area contributed by atoms with Crippen LogP contribution in [0.1, 0.15) is 16.1 Å². The van der Waals surface area contributed by atoms with Crippen LogP contribution in [-0.4, -0.2) is 25.7 Å². The van der Waals surface area contributed by atoms with Gasteiger partial charge in [-0.05, 0) is 48.6 Å². The highest BCUT2D eigenvalue weighted by atomic mass is 35.5. The van der Waals surface area contributed by atoms with Gasteiger partial charge in [0, 0.05) is 24.0 Å². The van der Waals surface area contributed by atoms with Crippen molar-refractivity contribution in [2.24, 2.45) is 7.05 Å². The zero-order valence-electron chi connectivity index (χ0n) is 12.8. The maximum Gasteiger partial charge on any atom is 0.285 e. The van der Waals surface area contributed by atoms with Crippen LogP contribution in [0.15, 0.2) is 41.4 Å². The summed E-state index contributed by atoms with van der Waals surface area (Å²) in [5.41, 5.74) is 3.54. The molecule has 2 heterocycles. The average molecular weight is 412 g/mol. The van der Waals surface area contributed by atoms with Crippen LogP contribution in [0, 0.1) is 0 Å². The predicted molar refractivity (Wildman–Crippen MR) is 104 cm³/mol. The van der Waals surface area contributed by atoms with E-state index in [0.717, 1.165) is 22.5 Å². The smallest absolute Gasteiger partial charge is 0.285 e. The number of aryl methyl sites for hydroxylation is 1. The minimum absolute atomic E-state index is 0.190. The Bertz CT molecular complexity index is 924. The SMILES string of the molecule is Cn1cccc1C=C1SC(=S)N(NC(=O)c2ccc(Cl)cc2Cl)C1=O. The van der Waals surface area contributed by atoms with E-state index in [9.17, 15) is 9.59 Å². The van der Waals surface area contributed by atoms with E-state index in [-0.39, 0.29) is 14.9 Å². The Morgan fingerprint density at radius 1 is 1.32 bits per heavy atom. The van der Waals surface area contributed by atoms with Crippen LogP contribution in [0.3, 0.4) is 0 Å². The second kappa shape index (κ2) is 7.21. The Morgan fingerprint density at radius 2 is 2.08 bits per heavy atom. The van der Waals surface area contributed by atoms with Gasteiger partial charge in [-0.1, -0.05) is 35.0 Å². The number of amides is 2. The highest BCUT2D eigenvalue weighted by Gasteiger charge is 2.34. The Morgan fingerprint density at radius 3 is 2.72 bits per heavy atom. The summed E-state index contributed by atoms with van der Waals surface area (Å²) in [5.74, 6) is -0.937. The summed E-state index contributed by atoms with van der Waals surface area (Å²) in [6.07, 6.45) is 3.59. The fraction of sp³-hybridized carbons (Fsp3) is 0.0625. The molecule has 2 amide bonds. The maximum absolute atomic E-state index is 12.5. The van der Waals surface area contributed by atoms with Crippen molar-refractivity contribution in [2.75, 3.05) is 0 Å². The topological polar surface area (TPSA) is 54.3 Å². The van der Waals surface area contributed by atoms with E-state index in [0.29, 0.717) is 9.93 Å². The minimum atomic E-state index is -0.543. The molecule has 3 rings (SSSR count). The molecule has 0 bridgehead atoms. The zero-order valence-corrected chi connectivity index (χ0v) is 16.0. The Hall–Kier alpha value is -1.80. The molecular weight excluding hydrogens is 401 g/mol. The number of hydrogen-bond acceptors (Lipinski definition) is 4. The van der Waals surface area contributed by atoms with Crippen LogP contribution < -0.4 is 5.43 Å². The first-order valence-electron chi connectivity index (χ1n) is 7.02. The largest absolute Gasteiger partial charge is 0.351 e. The number of carbonyl (C=O) groups excluding carboxylic acids is 2. The standard InChI is InChI=1S/C16H11Cl2N3O2S2/c1-20-6-2-3-10(20)8-13-15(23)21(16(24)25-13)19-14(22)11-5-4-9(17)7-12(11)18/h2-8H,1H3,(H,19,22). The van der Waals surface area contributed by atoms with Crippen molar-refractivity contribution in [1.82, 2.24) is 15.0 Å². The van der Waals surface area contributed by atoms with E-state index < -0.39 is 11.8 Å². The number of thiocarbonyl (C=S) groups is 1. The first kappa shape index (κ1) is 18.0. The molecule has 1 aliphatic heterocycles. The van der Waals surface area contributed by atoms with Crippen LogP contribution in [0.5, 0.6) is 0 Å². The molecule has 25 heavy (non-hydrogen) atoms. The summed E-state index contributed by atoms with van der Waals surface area (Å²) >= 11 is 18.2. The predicted octanol–water partition coefficient (Wildman–Crippen LogP) is 3.88. The minimum Gasteiger partial charge on any atom is -0.351 e. The van der Waals surface area contributed by atoms with Gasteiger partial charge in [0.05, 0.1) is 15.5 Å². The van der Waals surface area contributed by atoms with Gasteiger partial charge in [-0.2, -0.15) is 5.01 Å². The summed E-state index contributed by atoms with van der Waals surface area (Å²) < 4.78 is 2.11. The van der Waals surface area contributed by atoms with Gasteiger partial charge >= 0.3 is 0 Å². The number of benzene rings is 1. The van der Waals surface area contributed by atoms with Crippen molar-refractivity contribution >= 4 is 69.4 Å². The molecule has 1 aromatic carbocycles. The van der Waals surface area contributed by atoms with E-state index in [2.05, 4.69) is 5.43 Å². The molecule has 0 atom stereocenters. The molecule has 1 aromatic heterocycles. The number of aromatic nitrogens is 1. The molecule has 1 fully saturated rings. The number of carbonyl (C=O) groups is 2. The maximum atomic E-state index is 12.5. The van der Waals surface area contributed by atoms with Crippen molar-refractivity contribution < 1.29 is 9.59 Å². The number of hydrogen-bond donors (Lipinski definition) is 1. The lowest BCUT2D eigenvalue weighted by atomic mass is 10.2. The zero-order chi connectivity index (χ0) is 18.1. The highest BCUT2D eigenvalue weighted by Crippen LogP contribution is 2.31. The Labute approximate surface area is 163 Å². The molecule has 1 saturated heterocycles. The first-order valence-corrected chi connectivity index (χ1v) is 9.00. The number of rotatable bonds is 3. The van der Waals surface area contributed by atoms with Gasteiger partial charge in [0.25, 0.3) is 11.8 Å². The lowest BCUT2D eigenvalue weighted by molar-refractivity contribution is -0.123. The lowest BCUT2D eigenvalue weighted by Gasteiger charge is -2.16. The third-order valence-corrected chi connectivity index (χ3v) is 5.30. The van der Waals surface area contributed by atoms with Crippen LogP contribution >= 0.6 is 47.2 Å². The monoisotopic (exact) mass is 411 g/mol.